The van der Waals surface area contributed by atoms with Crippen LogP contribution in [0.15, 0.2) is 58.2 Å². The highest BCUT2D eigenvalue weighted by atomic mass is 32.2. The zero-order chi connectivity index (χ0) is 22.4. The molecule has 164 valence electrons. The first kappa shape index (κ1) is 22.9. The molecule has 0 bridgehead atoms. The van der Waals surface area contributed by atoms with E-state index in [0.717, 1.165) is 53.1 Å². The number of carbonyl (C=O) groups is 1. The number of benzene rings is 2. The Morgan fingerprint density at radius 3 is 2.52 bits per heavy atom. The number of carboxylic acid groups (broad SMARTS) is 1. The molecule has 0 aliphatic carbocycles. The largest absolute Gasteiger partial charge is 0.480 e. The van der Waals surface area contributed by atoms with Crippen LogP contribution in [0, 0.1) is 0 Å². The number of fused-ring (bicyclic) bond motifs is 1. The molecular formula is C24H30N3O3S+. The van der Waals surface area contributed by atoms with E-state index in [-0.39, 0.29) is 5.56 Å². The molecule has 3 aromatic rings. The number of aromatic amines is 1. The highest BCUT2D eigenvalue weighted by Crippen LogP contribution is 2.33. The van der Waals surface area contributed by atoms with Crippen molar-refractivity contribution >= 4 is 34.3 Å². The molecule has 31 heavy (non-hydrogen) atoms. The fourth-order valence-electron chi connectivity index (χ4n) is 3.39. The second-order valence-electron chi connectivity index (χ2n) is 8.00. The van der Waals surface area contributed by atoms with E-state index in [4.69, 9.17) is 0 Å². The van der Waals surface area contributed by atoms with Gasteiger partial charge < -0.3 is 10.4 Å². The van der Waals surface area contributed by atoms with E-state index in [0.29, 0.717) is 6.54 Å². The van der Waals surface area contributed by atoms with Gasteiger partial charge in [0.15, 0.2) is 0 Å². The van der Waals surface area contributed by atoms with E-state index in [1.54, 1.807) is 13.8 Å². The smallest absolute Gasteiger partial charge is 0.345 e. The van der Waals surface area contributed by atoms with Crippen LogP contribution in [0.4, 0.5) is 5.69 Å². The lowest BCUT2D eigenvalue weighted by atomic mass is 10.2. The number of nitrogens with one attached hydrogen (secondary N) is 2. The summed E-state index contributed by atoms with van der Waals surface area (Å²) in [6.45, 7) is 6.95. The molecule has 3 rings (SSSR count). The molecule has 0 saturated heterocycles. The van der Waals surface area contributed by atoms with E-state index in [1.165, 1.54) is 11.8 Å². The summed E-state index contributed by atoms with van der Waals surface area (Å²) >= 11 is 1.34. The molecule has 0 unspecified atom stereocenters. The Morgan fingerprint density at radius 2 is 1.84 bits per heavy atom. The summed E-state index contributed by atoms with van der Waals surface area (Å²) in [5, 5.41) is 13.4. The number of hydrogen-bond donors (Lipinski definition) is 2. The molecule has 0 aliphatic rings. The summed E-state index contributed by atoms with van der Waals surface area (Å²) in [5.41, 5.74) is 1.95. The third-order valence-electron chi connectivity index (χ3n) is 5.22. The third-order valence-corrected chi connectivity index (χ3v) is 6.42. The molecule has 1 aromatic heterocycles. The standard InChI is InChI=1S/C24H29N3O3S/c1-4-21-26-20-10-6-5-9-19(20)22(28)27(21)16-8-7-15-25-17-11-13-18(14-12-17)31-24(2,3)23(29)30/h5-6,9-14,25H,4,7-8,15-16H2,1-3H3,(H,29,30)/p+1. The molecule has 0 aliphatic heterocycles. The lowest BCUT2D eigenvalue weighted by Gasteiger charge is -2.18. The number of H-pyrrole nitrogens is 1. The van der Waals surface area contributed by atoms with Crippen molar-refractivity contribution in [2.24, 2.45) is 0 Å². The third kappa shape index (κ3) is 5.67. The van der Waals surface area contributed by atoms with Crippen LogP contribution in [0.1, 0.15) is 39.4 Å². The fraction of sp³-hybridized carbons (Fsp3) is 0.375. The predicted octanol–water partition coefficient (Wildman–Crippen LogP) is 4.23. The molecule has 1 heterocycles. The zero-order valence-electron chi connectivity index (χ0n) is 18.3. The predicted molar refractivity (Wildman–Crippen MR) is 126 cm³/mol. The Balaban J connectivity index is 1.52. The quantitative estimate of drug-likeness (QED) is 0.364. The number of rotatable bonds is 10. The molecule has 0 radical (unpaired) electrons. The van der Waals surface area contributed by atoms with Crippen molar-refractivity contribution in [2.75, 3.05) is 11.9 Å². The average Bonchev–Trinajstić information content (AvgIpc) is 2.75. The SMILES string of the molecule is CCc1[nH+]c2ccccc2c(=O)n1CCCCNc1ccc(SC(C)(C)C(=O)O)cc1. The monoisotopic (exact) mass is 440 g/mol. The number of aliphatic carboxylic acids is 1. The van der Waals surface area contributed by atoms with Crippen molar-refractivity contribution in [3.05, 3.63) is 64.7 Å². The number of aryl methyl sites for hydroxylation is 1. The first-order chi connectivity index (χ1) is 14.8. The highest BCUT2D eigenvalue weighted by molar-refractivity contribution is 8.01. The van der Waals surface area contributed by atoms with Crippen molar-refractivity contribution in [2.45, 2.75) is 56.2 Å². The van der Waals surface area contributed by atoms with Gasteiger partial charge in [-0.3, -0.25) is 4.79 Å². The van der Waals surface area contributed by atoms with Gasteiger partial charge >= 0.3 is 11.5 Å². The van der Waals surface area contributed by atoms with E-state index >= 15 is 0 Å². The minimum Gasteiger partial charge on any atom is -0.480 e. The Kier molecular flexibility index (Phi) is 7.38. The maximum absolute atomic E-state index is 12.9. The second-order valence-corrected chi connectivity index (χ2v) is 9.70. The molecule has 0 spiro atoms. The van der Waals surface area contributed by atoms with Crippen molar-refractivity contribution in [3.63, 3.8) is 0 Å². The van der Waals surface area contributed by atoms with Gasteiger partial charge in [-0.15, -0.1) is 11.8 Å². The number of nitrogens with zero attached hydrogens (tertiary/aromatic N) is 1. The molecule has 0 saturated carbocycles. The summed E-state index contributed by atoms with van der Waals surface area (Å²) in [4.78, 5) is 28.4. The van der Waals surface area contributed by atoms with Crippen LogP contribution in [-0.4, -0.2) is 26.9 Å². The van der Waals surface area contributed by atoms with Crippen molar-refractivity contribution in [1.29, 1.82) is 0 Å². The van der Waals surface area contributed by atoms with Crippen molar-refractivity contribution < 1.29 is 14.9 Å². The van der Waals surface area contributed by atoms with Crippen LogP contribution in [0.3, 0.4) is 0 Å². The number of para-hydroxylation sites is 1. The van der Waals surface area contributed by atoms with Gasteiger partial charge in [-0.2, -0.15) is 4.57 Å². The fourth-order valence-corrected chi connectivity index (χ4v) is 4.34. The molecular weight excluding hydrogens is 410 g/mol. The molecule has 0 amide bonds. The summed E-state index contributed by atoms with van der Waals surface area (Å²) in [5.74, 6) is 0.128. The summed E-state index contributed by atoms with van der Waals surface area (Å²) in [6, 6.07) is 15.5. The summed E-state index contributed by atoms with van der Waals surface area (Å²) < 4.78 is 1.00. The van der Waals surface area contributed by atoms with E-state index in [1.807, 2.05) is 53.1 Å². The minimum absolute atomic E-state index is 0.0662. The summed E-state index contributed by atoms with van der Waals surface area (Å²) in [6.07, 6.45) is 2.61. The Labute approximate surface area is 186 Å². The normalized spacial score (nSPS) is 11.6. The lowest BCUT2D eigenvalue weighted by molar-refractivity contribution is -0.366. The molecule has 0 fully saturated rings. The van der Waals surface area contributed by atoms with E-state index < -0.39 is 10.7 Å². The van der Waals surface area contributed by atoms with Gasteiger partial charge in [0.1, 0.15) is 15.6 Å². The van der Waals surface area contributed by atoms with E-state index in [2.05, 4.69) is 17.2 Å². The van der Waals surface area contributed by atoms with Gasteiger partial charge in [0, 0.05) is 23.5 Å². The number of aromatic nitrogens is 2. The number of unbranched alkanes of at least 4 members (excludes halogenated alkanes) is 1. The van der Waals surface area contributed by atoms with Crippen LogP contribution < -0.4 is 15.9 Å². The van der Waals surface area contributed by atoms with Gasteiger partial charge in [-0.25, -0.2) is 9.78 Å². The highest BCUT2D eigenvalue weighted by Gasteiger charge is 2.28. The molecule has 0 atom stereocenters. The first-order valence-electron chi connectivity index (χ1n) is 10.6. The average molecular weight is 441 g/mol. The van der Waals surface area contributed by atoms with Crippen LogP contribution in [-0.2, 0) is 17.8 Å². The number of hydrogen-bond acceptors (Lipinski definition) is 4. The lowest BCUT2D eigenvalue weighted by Crippen LogP contribution is -2.32. The number of thioether (sulfide) groups is 1. The Bertz CT molecular complexity index is 1110. The summed E-state index contributed by atoms with van der Waals surface area (Å²) in [7, 11) is 0. The molecule has 7 heteroatoms. The van der Waals surface area contributed by atoms with Crippen LogP contribution in [0.2, 0.25) is 0 Å². The number of anilines is 1. The maximum Gasteiger partial charge on any atom is 0.345 e. The second kappa shape index (κ2) is 10.0. The maximum atomic E-state index is 12.9. The first-order valence-corrected chi connectivity index (χ1v) is 11.4. The van der Waals surface area contributed by atoms with Crippen molar-refractivity contribution in [1.82, 2.24) is 4.57 Å². The number of carboxylic acids is 1. The van der Waals surface area contributed by atoms with Gasteiger partial charge in [0.2, 0.25) is 0 Å². The molecule has 3 N–H and O–H groups in total. The minimum atomic E-state index is -0.857. The zero-order valence-corrected chi connectivity index (χ0v) is 19.1. The van der Waals surface area contributed by atoms with Crippen LogP contribution in [0.25, 0.3) is 10.9 Å². The Hall–Kier alpha value is -2.80. The van der Waals surface area contributed by atoms with Gasteiger partial charge in [0.05, 0.1) is 6.54 Å². The van der Waals surface area contributed by atoms with Crippen LogP contribution in [0.5, 0.6) is 0 Å². The van der Waals surface area contributed by atoms with Crippen LogP contribution >= 0.6 is 11.8 Å². The van der Waals surface area contributed by atoms with E-state index in [9.17, 15) is 14.7 Å². The molecule has 2 aromatic carbocycles. The topological polar surface area (TPSA) is 85.5 Å². The Morgan fingerprint density at radius 1 is 1.13 bits per heavy atom. The van der Waals surface area contributed by atoms with Crippen molar-refractivity contribution in [3.8, 4) is 0 Å². The van der Waals surface area contributed by atoms with Gasteiger partial charge in [0.25, 0.3) is 5.82 Å². The molecule has 6 nitrogen and oxygen atoms in total. The van der Waals surface area contributed by atoms with Gasteiger partial charge in [-0.1, -0.05) is 19.1 Å². The van der Waals surface area contributed by atoms with Gasteiger partial charge in [-0.05, 0) is 63.1 Å².